The monoisotopic (exact) mass is 792 g/mol. The molecule has 4 aromatic carbocycles. The van der Waals surface area contributed by atoms with Gasteiger partial charge in [-0.2, -0.15) is 9.78 Å². The molecule has 1 heterocycles. The van der Waals surface area contributed by atoms with E-state index in [1.165, 1.54) is 29.1 Å². The zero-order valence-electron chi connectivity index (χ0n) is 27.6. The van der Waals surface area contributed by atoms with Gasteiger partial charge in [0.15, 0.2) is 23.9 Å². The van der Waals surface area contributed by atoms with Gasteiger partial charge in [0.2, 0.25) is 0 Å². The molecule has 12 heteroatoms. The minimum atomic E-state index is -0.555. The third kappa shape index (κ3) is 7.86. The number of rotatable bonds is 12. The van der Waals surface area contributed by atoms with Gasteiger partial charge in [-0.25, -0.2) is 9.37 Å². The highest BCUT2D eigenvalue weighted by Crippen LogP contribution is 2.42. The van der Waals surface area contributed by atoms with E-state index in [2.05, 4.69) is 56.1 Å². The first-order valence-electron chi connectivity index (χ1n) is 15.7. The normalized spacial score (nSPS) is 11.4. The van der Waals surface area contributed by atoms with Crippen molar-refractivity contribution in [1.82, 2.24) is 9.66 Å². The molecule has 0 fully saturated rings. The summed E-state index contributed by atoms with van der Waals surface area (Å²) in [5.41, 5.74) is 3.43. The maximum absolute atomic E-state index is 14.0. The lowest BCUT2D eigenvalue weighted by molar-refractivity contribution is -0.118. The topological polar surface area (TPSA) is 104 Å². The van der Waals surface area contributed by atoms with E-state index in [-0.39, 0.29) is 22.9 Å². The van der Waals surface area contributed by atoms with Crippen LogP contribution in [-0.4, -0.2) is 41.6 Å². The Kier molecular flexibility index (Phi) is 11.5. The van der Waals surface area contributed by atoms with Crippen molar-refractivity contribution >= 4 is 60.6 Å². The Morgan fingerprint density at radius 3 is 2.39 bits per heavy atom. The van der Waals surface area contributed by atoms with E-state index in [0.29, 0.717) is 50.2 Å². The van der Waals surface area contributed by atoms with Gasteiger partial charge in [0, 0.05) is 15.6 Å². The van der Waals surface area contributed by atoms with Gasteiger partial charge in [0.1, 0.15) is 11.6 Å². The van der Waals surface area contributed by atoms with Crippen LogP contribution in [0.4, 0.5) is 10.1 Å². The third-order valence-corrected chi connectivity index (χ3v) is 9.68. The van der Waals surface area contributed by atoms with Crippen molar-refractivity contribution < 1.29 is 23.4 Å². The second-order valence-corrected chi connectivity index (χ2v) is 12.9. The van der Waals surface area contributed by atoms with Crippen LogP contribution in [0.2, 0.25) is 0 Å². The van der Waals surface area contributed by atoms with Crippen LogP contribution in [0.3, 0.4) is 0 Å². The van der Waals surface area contributed by atoms with Crippen LogP contribution in [0, 0.1) is 12.7 Å². The fourth-order valence-electron chi connectivity index (χ4n) is 5.18. The van der Waals surface area contributed by atoms with Gasteiger partial charge in [-0.3, -0.25) is 9.59 Å². The molecule has 0 saturated carbocycles. The fourth-order valence-corrected chi connectivity index (χ4v) is 6.11. The highest BCUT2D eigenvalue weighted by molar-refractivity contribution is 9.13. The Balaban J connectivity index is 1.56. The number of aromatic nitrogens is 2. The molecular weight excluding hydrogens is 759 g/mol. The third-order valence-electron chi connectivity index (χ3n) is 7.54. The molecule has 0 unspecified atom stereocenters. The largest absolute Gasteiger partial charge is 0.494 e. The number of hydrogen-bond donors (Lipinski definition) is 1. The number of aryl methyl sites for hydroxylation is 1. The Labute approximate surface area is 300 Å². The van der Waals surface area contributed by atoms with Crippen LogP contribution >= 0.6 is 31.9 Å². The highest BCUT2D eigenvalue weighted by Gasteiger charge is 2.21. The second-order valence-electron chi connectivity index (χ2n) is 11.3. The average Bonchev–Trinajstić information content (AvgIpc) is 3.07. The van der Waals surface area contributed by atoms with Gasteiger partial charge >= 0.3 is 0 Å². The van der Waals surface area contributed by atoms with Gasteiger partial charge in [-0.15, -0.1) is 0 Å². The smallest absolute Gasteiger partial charge is 0.282 e. The number of anilines is 1. The van der Waals surface area contributed by atoms with Crippen LogP contribution in [0.1, 0.15) is 50.3 Å². The molecule has 1 amide bonds. The summed E-state index contributed by atoms with van der Waals surface area (Å²) in [6.07, 6.45) is 1.53. The Morgan fingerprint density at radius 1 is 0.980 bits per heavy atom. The van der Waals surface area contributed by atoms with Crippen molar-refractivity contribution in [3.63, 3.8) is 0 Å². The van der Waals surface area contributed by atoms with Crippen LogP contribution in [0.15, 0.2) is 85.6 Å². The minimum Gasteiger partial charge on any atom is -0.494 e. The summed E-state index contributed by atoms with van der Waals surface area (Å²) in [6, 6.07) is 18.7. The van der Waals surface area contributed by atoms with E-state index in [4.69, 9.17) is 19.2 Å². The number of para-hydroxylation sites is 2. The van der Waals surface area contributed by atoms with E-state index in [0.717, 1.165) is 22.4 Å². The van der Waals surface area contributed by atoms with E-state index in [1.54, 1.807) is 30.3 Å². The summed E-state index contributed by atoms with van der Waals surface area (Å²) >= 11 is 7.16. The first-order chi connectivity index (χ1) is 23.5. The van der Waals surface area contributed by atoms with Gasteiger partial charge in [-0.05, 0) is 112 Å². The molecule has 0 spiro atoms. The zero-order chi connectivity index (χ0) is 35.2. The number of carbonyl (C=O) groups is 1. The molecule has 0 aliphatic carbocycles. The van der Waals surface area contributed by atoms with Crippen molar-refractivity contribution in [3.8, 4) is 28.6 Å². The highest BCUT2D eigenvalue weighted by atomic mass is 79.9. The van der Waals surface area contributed by atoms with E-state index >= 15 is 0 Å². The first-order valence-corrected chi connectivity index (χ1v) is 17.3. The van der Waals surface area contributed by atoms with Crippen LogP contribution in [0.25, 0.3) is 22.3 Å². The molecule has 5 rings (SSSR count). The number of hydrogen-bond acceptors (Lipinski definition) is 7. The predicted molar refractivity (Wildman–Crippen MR) is 198 cm³/mol. The number of ether oxygens (including phenoxy) is 3. The molecular formula is C37H35Br2FN4O5. The van der Waals surface area contributed by atoms with Crippen LogP contribution < -0.4 is 25.1 Å². The number of nitrogens with one attached hydrogen (secondary N) is 1. The quantitative estimate of drug-likeness (QED) is 0.127. The van der Waals surface area contributed by atoms with Gasteiger partial charge in [0.05, 0.1) is 40.5 Å². The molecule has 9 nitrogen and oxygen atoms in total. The summed E-state index contributed by atoms with van der Waals surface area (Å²) in [5.74, 6) is 0.797. The lowest BCUT2D eigenvalue weighted by atomic mass is 9.96. The Morgan fingerprint density at radius 2 is 1.67 bits per heavy atom. The average molecular weight is 795 g/mol. The number of benzene rings is 4. The fraction of sp³-hybridized carbons (Fsp3) is 0.243. The number of fused-ring (bicyclic) bond motifs is 1. The standard InChI is InChI=1S/C37H35Br2FN4O5/c1-6-47-30-16-22(5)26(18-25(30)21(3)4)36-43-28-14-10-8-12-24(28)37(46)44(36)41-19-23-17-31(48-7-2)35(34(39)33(23)38)49-20-32(45)42-29-15-11-9-13-27(29)40/h8-19,21H,6-7,20H2,1-5H3,(H,42,45). The van der Waals surface area contributed by atoms with Crippen molar-refractivity contribution in [2.75, 3.05) is 25.1 Å². The molecule has 0 saturated heterocycles. The molecule has 0 bridgehead atoms. The predicted octanol–water partition coefficient (Wildman–Crippen LogP) is 8.86. The SMILES string of the molecule is CCOc1cc(C)c(-c2nc3ccccc3c(=O)n2N=Cc2cc(OCC)c(OCC(=O)Nc3ccccc3F)c(Br)c2Br)cc1C(C)C. The molecule has 49 heavy (non-hydrogen) atoms. The van der Waals surface area contributed by atoms with Crippen molar-refractivity contribution in [2.45, 2.75) is 40.5 Å². The number of amides is 1. The number of nitrogens with zero attached hydrogens (tertiary/aromatic N) is 3. The summed E-state index contributed by atoms with van der Waals surface area (Å²) < 4.78 is 34.0. The van der Waals surface area contributed by atoms with Gasteiger partial charge < -0.3 is 19.5 Å². The van der Waals surface area contributed by atoms with E-state index < -0.39 is 18.3 Å². The molecule has 1 N–H and O–H groups in total. The minimum absolute atomic E-state index is 0.0478. The second kappa shape index (κ2) is 15.8. The maximum Gasteiger partial charge on any atom is 0.282 e. The van der Waals surface area contributed by atoms with Gasteiger partial charge in [0.25, 0.3) is 11.5 Å². The molecule has 0 aliphatic rings. The Bertz CT molecular complexity index is 2120. The van der Waals surface area contributed by atoms with Crippen LogP contribution in [0.5, 0.6) is 17.2 Å². The van der Waals surface area contributed by atoms with Crippen LogP contribution in [-0.2, 0) is 4.79 Å². The summed E-state index contributed by atoms with van der Waals surface area (Å²) in [7, 11) is 0. The van der Waals surface area contributed by atoms with E-state index in [1.807, 2.05) is 39.0 Å². The summed E-state index contributed by atoms with van der Waals surface area (Å²) in [4.78, 5) is 31.5. The Hall–Kier alpha value is -4.55. The molecule has 0 aliphatic heterocycles. The lowest BCUT2D eigenvalue weighted by Gasteiger charge is -2.18. The first kappa shape index (κ1) is 35.7. The molecule has 5 aromatic rings. The molecule has 0 radical (unpaired) electrons. The lowest BCUT2D eigenvalue weighted by Crippen LogP contribution is -2.21. The number of carbonyl (C=O) groups excluding carboxylic acids is 1. The zero-order valence-corrected chi connectivity index (χ0v) is 30.8. The van der Waals surface area contributed by atoms with E-state index in [9.17, 15) is 14.0 Å². The van der Waals surface area contributed by atoms with Crippen molar-refractivity contribution in [2.24, 2.45) is 5.10 Å². The summed E-state index contributed by atoms with van der Waals surface area (Å²) in [6.45, 7) is 10.3. The van der Waals surface area contributed by atoms with Crippen molar-refractivity contribution in [1.29, 1.82) is 0 Å². The van der Waals surface area contributed by atoms with Gasteiger partial charge in [-0.1, -0.05) is 38.1 Å². The summed E-state index contributed by atoms with van der Waals surface area (Å²) in [5, 5.41) is 7.60. The molecule has 1 aromatic heterocycles. The molecule has 0 atom stereocenters. The number of halogens is 3. The molecule has 254 valence electrons. The maximum atomic E-state index is 14.0. The van der Waals surface area contributed by atoms with Crippen molar-refractivity contribution in [3.05, 3.63) is 109 Å².